The van der Waals surface area contributed by atoms with Gasteiger partial charge < -0.3 is 15.1 Å². The smallest absolute Gasteiger partial charge is 0.136 e. The number of hydrogen-bond donors (Lipinski definition) is 1. The van der Waals surface area contributed by atoms with E-state index in [0.29, 0.717) is 6.04 Å². The van der Waals surface area contributed by atoms with E-state index in [1.54, 1.807) is 0 Å². The summed E-state index contributed by atoms with van der Waals surface area (Å²) in [7, 11) is 2.18. The highest BCUT2D eigenvalue weighted by Crippen LogP contribution is 2.27. The van der Waals surface area contributed by atoms with Gasteiger partial charge in [-0.2, -0.15) is 0 Å². The van der Waals surface area contributed by atoms with Gasteiger partial charge in [0, 0.05) is 68.5 Å². The fraction of sp³-hybridized carbons (Fsp3) is 0.579. The molecule has 0 amide bonds. The molecule has 2 aliphatic heterocycles. The minimum atomic E-state index is 0.507. The lowest BCUT2D eigenvalue weighted by Gasteiger charge is -2.34. The van der Waals surface area contributed by atoms with Gasteiger partial charge in [0.1, 0.15) is 11.6 Å². The highest BCUT2D eigenvalue weighted by atomic mass is 32.2. The molecule has 2 fully saturated rings. The molecule has 0 bridgehead atoms. The number of pyridine rings is 2. The number of likely N-dealkylation sites (N-methyl/N-ethyl adjacent to an activating group) is 1. The van der Waals surface area contributed by atoms with Crippen LogP contribution in [0.2, 0.25) is 0 Å². The van der Waals surface area contributed by atoms with Crippen molar-refractivity contribution in [1.29, 1.82) is 0 Å². The first kappa shape index (κ1) is 17.8. The van der Waals surface area contributed by atoms with E-state index < -0.39 is 0 Å². The minimum absolute atomic E-state index is 0.507. The molecule has 0 aliphatic carbocycles. The molecule has 1 N–H and O–H groups in total. The lowest BCUT2D eigenvalue weighted by atomic mass is 10.1. The van der Waals surface area contributed by atoms with Crippen molar-refractivity contribution in [1.82, 2.24) is 19.2 Å². The summed E-state index contributed by atoms with van der Waals surface area (Å²) < 4.78 is 2.43. The van der Waals surface area contributed by atoms with Crippen molar-refractivity contribution < 1.29 is 0 Å². The fourth-order valence-electron chi connectivity index (χ4n) is 3.79. The van der Waals surface area contributed by atoms with Crippen molar-refractivity contribution in [2.45, 2.75) is 18.9 Å². The number of anilines is 2. The minimum Gasteiger partial charge on any atom is -0.367 e. The van der Waals surface area contributed by atoms with Crippen LogP contribution < -0.4 is 10.2 Å². The second-order valence-electron chi connectivity index (χ2n) is 7.25. The molecule has 0 atom stereocenters. The number of nitrogens with one attached hydrogen (secondary N) is 1. The summed E-state index contributed by atoms with van der Waals surface area (Å²) >= 11 is 1.85. The Morgan fingerprint density at radius 2 is 1.85 bits per heavy atom. The van der Waals surface area contributed by atoms with Crippen LogP contribution in [0.15, 0.2) is 24.5 Å². The molecule has 140 valence electrons. The van der Waals surface area contributed by atoms with Crippen LogP contribution in [-0.2, 0) is 0 Å². The molecule has 4 heterocycles. The van der Waals surface area contributed by atoms with Gasteiger partial charge in [-0.25, -0.2) is 9.97 Å². The van der Waals surface area contributed by atoms with Gasteiger partial charge in [-0.3, -0.25) is 4.31 Å². The van der Waals surface area contributed by atoms with Gasteiger partial charge in [-0.15, -0.1) is 0 Å². The van der Waals surface area contributed by atoms with E-state index in [-0.39, 0.29) is 0 Å². The van der Waals surface area contributed by atoms with Crippen molar-refractivity contribution in [3.63, 3.8) is 0 Å². The topological polar surface area (TPSA) is 47.5 Å². The molecule has 0 saturated carbocycles. The second kappa shape index (κ2) is 7.98. The Labute approximate surface area is 160 Å². The van der Waals surface area contributed by atoms with E-state index in [1.165, 1.54) is 18.2 Å². The largest absolute Gasteiger partial charge is 0.367 e. The predicted octanol–water partition coefficient (Wildman–Crippen LogP) is 2.54. The number of hydrogen-bond acceptors (Lipinski definition) is 7. The van der Waals surface area contributed by atoms with Crippen LogP contribution >= 0.6 is 11.9 Å². The van der Waals surface area contributed by atoms with Crippen molar-refractivity contribution in [3.05, 3.63) is 24.5 Å². The molecule has 2 aromatic rings. The molecule has 7 heteroatoms. The zero-order chi connectivity index (χ0) is 17.9. The molecule has 0 unspecified atom stereocenters. The quantitative estimate of drug-likeness (QED) is 0.828. The lowest BCUT2D eigenvalue weighted by molar-refractivity contribution is 0.312. The van der Waals surface area contributed by atoms with E-state index in [1.807, 2.05) is 24.3 Å². The third-order valence-electron chi connectivity index (χ3n) is 5.49. The Morgan fingerprint density at radius 1 is 1.08 bits per heavy atom. The van der Waals surface area contributed by atoms with Crippen molar-refractivity contribution in [3.8, 4) is 0 Å². The number of rotatable bonds is 4. The molecular weight excluding hydrogens is 344 g/mol. The maximum absolute atomic E-state index is 4.71. The third kappa shape index (κ3) is 3.89. The molecule has 0 aromatic carbocycles. The highest BCUT2D eigenvalue weighted by Gasteiger charge is 2.20. The normalized spacial score (nSPS) is 20.6. The Bertz CT molecular complexity index is 738. The number of fused-ring (bicyclic) bond motifs is 1. The van der Waals surface area contributed by atoms with Crippen molar-refractivity contribution >= 4 is 34.4 Å². The summed E-state index contributed by atoms with van der Waals surface area (Å²) in [4.78, 5) is 14.1. The zero-order valence-electron chi connectivity index (χ0n) is 15.7. The van der Waals surface area contributed by atoms with Crippen LogP contribution in [0.25, 0.3) is 10.8 Å². The van der Waals surface area contributed by atoms with Gasteiger partial charge in [0.25, 0.3) is 0 Å². The van der Waals surface area contributed by atoms with Gasteiger partial charge in [0.05, 0.1) is 0 Å². The van der Waals surface area contributed by atoms with Crippen LogP contribution in [0.4, 0.5) is 11.6 Å². The molecule has 6 nitrogen and oxygen atoms in total. The van der Waals surface area contributed by atoms with Crippen LogP contribution in [0, 0.1) is 0 Å². The predicted molar refractivity (Wildman–Crippen MR) is 111 cm³/mol. The molecule has 0 spiro atoms. The third-order valence-corrected chi connectivity index (χ3v) is 6.38. The summed E-state index contributed by atoms with van der Waals surface area (Å²) in [6.45, 7) is 6.51. The van der Waals surface area contributed by atoms with Crippen molar-refractivity contribution in [2.24, 2.45) is 0 Å². The standard InChI is InChI=1S/C19H28N6S/c1-23-9-11-24(12-10-23)19-17-13-18(21-14-15(17)3-6-20-19)22-16-4-7-25(26-2)8-5-16/h3,6,13-14,16H,4-5,7-12H2,1-2H3,(H,21,22). The average Bonchev–Trinajstić information content (AvgIpc) is 2.69. The van der Waals surface area contributed by atoms with Gasteiger partial charge in [-0.05, 0) is 38.3 Å². The van der Waals surface area contributed by atoms with Crippen molar-refractivity contribution in [2.75, 3.05) is 62.8 Å². The van der Waals surface area contributed by atoms with Gasteiger partial charge in [0.15, 0.2) is 0 Å². The van der Waals surface area contributed by atoms with E-state index >= 15 is 0 Å². The Hall–Kier alpha value is -1.57. The molecule has 2 aliphatic rings. The highest BCUT2D eigenvalue weighted by molar-refractivity contribution is 7.96. The Kier molecular flexibility index (Phi) is 5.47. The first-order valence-corrected chi connectivity index (χ1v) is 10.6. The van der Waals surface area contributed by atoms with Crippen LogP contribution in [0.3, 0.4) is 0 Å². The van der Waals surface area contributed by atoms with E-state index in [4.69, 9.17) is 4.98 Å². The fourth-order valence-corrected chi connectivity index (χ4v) is 4.37. The monoisotopic (exact) mass is 372 g/mol. The van der Waals surface area contributed by atoms with Crippen LogP contribution in [-0.4, -0.2) is 77.8 Å². The van der Waals surface area contributed by atoms with E-state index in [9.17, 15) is 0 Å². The van der Waals surface area contributed by atoms with Crippen LogP contribution in [0.1, 0.15) is 12.8 Å². The SMILES string of the molecule is CSN1CCC(Nc2cc3c(N4CCN(C)CC4)nccc3cn2)CC1. The summed E-state index contributed by atoms with van der Waals surface area (Å²) in [5, 5.41) is 6.02. The first-order chi connectivity index (χ1) is 12.7. The summed E-state index contributed by atoms with van der Waals surface area (Å²) in [6, 6.07) is 4.76. The molecule has 4 rings (SSSR count). The lowest BCUT2D eigenvalue weighted by Crippen LogP contribution is -2.44. The average molecular weight is 373 g/mol. The number of piperidine rings is 1. The van der Waals surface area contributed by atoms with Gasteiger partial charge >= 0.3 is 0 Å². The molecule has 2 aromatic heterocycles. The molecule has 0 radical (unpaired) electrons. The number of piperazine rings is 1. The van der Waals surface area contributed by atoms with Gasteiger partial charge in [0.2, 0.25) is 0 Å². The van der Waals surface area contributed by atoms with Gasteiger partial charge in [-0.1, -0.05) is 11.9 Å². The summed E-state index contributed by atoms with van der Waals surface area (Å²) in [5.74, 6) is 2.07. The molecule has 26 heavy (non-hydrogen) atoms. The Morgan fingerprint density at radius 3 is 2.58 bits per heavy atom. The summed E-state index contributed by atoms with van der Waals surface area (Å²) in [5.41, 5.74) is 0. The zero-order valence-corrected chi connectivity index (χ0v) is 16.5. The second-order valence-corrected chi connectivity index (χ2v) is 8.13. The molecule has 2 saturated heterocycles. The van der Waals surface area contributed by atoms with Crippen LogP contribution in [0.5, 0.6) is 0 Å². The maximum atomic E-state index is 4.71. The molecular formula is C19H28N6S. The number of aromatic nitrogens is 2. The maximum Gasteiger partial charge on any atom is 0.136 e. The Balaban J connectivity index is 1.53. The van der Waals surface area contributed by atoms with E-state index in [0.717, 1.165) is 56.3 Å². The summed E-state index contributed by atoms with van der Waals surface area (Å²) in [6.07, 6.45) is 8.38. The van der Waals surface area contributed by atoms with E-state index in [2.05, 4.69) is 49.8 Å². The number of nitrogens with zero attached hydrogens (tertiary/aromatic N) is 5. The first-order valence-electron chi connectivity index (χ1n) is 9.47.